The predicted octanol–water partition coefficient (Wildman–Crippen LogP) is 1.86. The Morgan fingerprint density at radius 3 is 3.00 bits per heavy atom. The van der Waals surface area contributed by atoms with E-state index < -0.39 is 5.91 Å². The summed E-state index contributed by atoms with van der Waals surface area (Å²) in [6.45, 7) is 4.92. The molecule has 1 amide bonds. The highest BCUT2D eigenvalue weighted by atomic mass is 16.5. The smallest absolute Gasteiger partial charge is 0.267 e. The Hall–Kier alpha value is -2.04. The van der Waals surface area contributed by atoms with E-state index in [0.29, 0.717) is 29.6 Å². The number of ether oxygens (including phenoxy) is 1. The fourth-order valence-electron chi connectivity index (χ4n) is 1.68. The summed E-state index contributed by atoms with van der Waals surface area (Å²) in [4.78, 5) is 15.4. The molecule has 0 aliphatic heterocycles. The van der Waals surface area contributed by atoms with Crippen molar-refractivity contribution in [2.24, 2.45) is 11.7 Å². The molecule has 5 heteroatoms. The number of aromatic nitrogens is 2. The minimum atomic E-state index is -0.498. The summed E-state index contributed by atoms with van der Waals surface area (Å²) in [6, 6.07) is 3.65. The molecule has 2 rings (SSSR count). The number of hydrogen-bond acceptors (Lipinski definition) is 3. The highest BCUT2D eigenvalue weighted by Crippen LogP contribution is 2.20. The van der Waals surface area contributed by atoms with Gasteiger partial charge in [-0.15, -0.1) is 0 Å². The van der Waals surface area contributed by atoms with E-state index in [2.05, 4.69) is 18.8 Å². The molecular formula is C13H17N3O2. The number of hydrogen-bond donors (Lipinski definition) is 1. The van der Waals surface area contributed by atoms with E-state index in [9.17, 15) is 4.79 Å². The van der Waals surface area contributed by atoms with E-state index in [4.69, 9.17) is 10.5 Å². The van der Waals surface area contributed by atoms with Crippen LogP contribution in [0.4, 0.5) is 0 Å². The van der Waals surface area contributed by atoms with Crippen LogP contribution in [0, 0.1) is 5.92 Å². The quantitative estimate of drug-likeness (QED) is 0.876. The number of amides is 1. The van der Waals surface area contributed by atoms with Gasteiger partial charge in [-0.05, 0) is 24.5 Å². The van der Waals surface area contributed by atoms with Crippen molar-refractivity contribution in [2.75, 3.05) is 6.61 Å². The standard InChI is InChI=1S/C13H17N3O2/c1-9(2)5-7-18-11-4-3-6-16-10(12(14)17)8-15-13(11)16/h3-4,6,8-9H,5,7H2,1-2H3,(H2,14,17). The van der Waals surface area contributed by atoms with Gasteiger partial charge in [0.15, 0.2) is 11.4 Å². The largest absolute Gasteiger partial charge is 0.490 e. The highest BCUT2D eigenvalue weighted by Gasteiger charge is 2.11. The average molecular weight is 247 g/mol. The number of rotatable bonds is 5. The fraction of sp³-hybridized carbons (Fsp3) is 0.385. The molecule has 5 nitrogen and oxygen atoms in total. The van der Waals surface area contributed by atoms with E-state index in [1.54, 1.807) is 10.6 Å². The third-order valence-corrected chi connectivity index (χ3v) is 2.71. The van der Waals surface area contributed by atoms with Gasteiger partial charge in [-0.25, -0.2) is 4.98 Å². The Morgan fingerprint density at radius 1 is 1.56 bits per heavy atom. The molecule has 0 atom stereocenters. The second-order valence-corrected chi connectivity index (χ2v) is 4.60. The molecule has 2 heterocycles. The van der Waals surface area contributed by atoms with Crippen LogP contribution in [-0.2, 0) is 0 Å². The number of carbonyl (C=O) groups excluding carboxylic acids is 1. The zero-order chi connectivity index (χ0) is 13.1. The van der Waals surface area contributed by atoms with Crippen molar-refractivity contribution in [3.63, 3.8) is 0 Å². The minimum Gasteiger partial charge on any atom is -0.490 e. The van der Waals surface area contributed by atoms with Crippen molar-refractivity contribution < 1.29 is 9.53 Å². The lowest BCUT2D eigenvalue weighted by Gasteiger charge is -2.09. The Kier molecular flexibility index (Phi) is 3.50. The van der Waals surface area contributed by atoms with E-state index in [-0.39, 0.29) is 0 Å². The van der Waals surface area contributed by atoms with Crippen LogP contribution in [0.2, 0.25) is 0 Å². The summed E-state index contributed by atoms with van der Waals surface area (Å²) in [6.07, 6.45) is 4.19. The molecule has 2 N–H and O–H groups in total. The van der Waals surface area contributed by atoms with Crippen molar-refractivity contribution >= 4 is 11.6 Å². The van der Waals surface area contributed by atoms with Crippen molar-refractivity contribution in [3.8, 4) is 5.75 Å². The summed E-state index contributed by atoms with van der Waals surface area (Å²) < 4.78 is 7.33. The number of nitrogens with two attached hydrogens (primary N) is 1. The third kappa shape index (κ3) is 2.45. The van der Waals surface area contributed by atoms with E-state index in [1.165, 1.54) is 6.20 Å². The number of carbonyl (C=O) groups is 1. The first-order valence-corrected chi connectivity index (χ1v) is 5.98. The van der Waals surface area contributed by atoms with Crippen molar-refractivity contribution in [1.29, 1.82) is 0 Å². The maximum absolute atomic E-state index is 11.2. The van der Waals surface area contributed by atoms with E-state index in [1.807, 2.05) is 12.1 Å². The van der Waals surface area contributed by atoms with Gasteiger partial charge in [0.2, 0.25) is 0 Å². The molecule has 18 heavy (non-hydrogen) atoms. The summed E-state index contributed by atoms with van der Waals surface area (Å²) in [5.74, 6) is 0.762. The minimum absolute atomic E-state index is 0.360. The summed E-state index contributed by atoms with van der Waals surface area (Å²) in [5, 5.41) is 0. The summed E-state index contributed by atoms with van der Waals surface area (Å²) in [5.41, 5.74) is 6.25. The van der Waals surface area contributed by atoms with Crippen LogP contribution in [-0.4, -0.2) is 21.9 Å². The first-order chi connectivity index (χ1) is 8.59. The first kappa shape index (κ1) is 12.4. The number of pyridine rings is 1. The Bertz CT molecular complexity index is 560. The van der Waals surface area contributed by atoms with Gasteiger partial charge < -0.3 is 10.5 Å². The molecule has 0 aliphatic carbocycles. The lowest BCUT2D eigenvalue weighted by Crippen LogP contribution is -2.13. The zero-order valence-electron chi connectivity index (χ0n) is 10.6. The molecule has 0 saturated carbocycles. The van der Waals surface area contributed by atoms with E-state index in [0.717, 1.165) is 6.42 Å². The van der Waals surface area contributed by atoms with Crippen LogP contribution >= 0.6 is 0 Å². The van der Waals surface area contributed by atoms with Crippen LogP contribution in [0.3, 0.4) is 0 Å². The number of nitrogens with zero attached hydrogens (tertiary/aromatic N) is 2. The molecule has 0 bridgehead atoms. The van der Waals surface area contributed by atoms with Gasteiger partial charge in [0.05, 0.1) is 12.8 Å². The van der Waals surface area contributed by atoms with Crippen molar-refractivity contribution in [2.45, 2.75) is 20.3 Å². The van der Waals surface area contributed by atoms with E-state index >= 15 is 0 Å². The SMILES string of the molecule is CC(C)CCOc1cccn2c(C(N)=O)cnc12. The molecule has 0 aromatic carbocycles. The summed E-state index contributed by atoms with van der Waals surface area (Å²) in [7, 11) is 0. The molecule has 0 aliphatic rings. The molecule has 0 saturated heterocycles. The maximum Gasteiger partial charge on any atom is 0.267 e. The lowest BCUT2D eigenvalue weighted by atomic mass is 10.1. The van der Waals surface area contributed by atoms with Crippen LogP contribution in [0.25, 0.3) is 5.65 Å². The second-order valence-electron chi connectivity index (χ2n) is 4.60. The molecule has 0 radical (unpaired) electrons. The molecule has 0 unspecified atom stereocenters. The van der Waals surface area contributed by atoms with Crippen LogP contribution < -0.4 is 10.5 Å². The fourth-order valence-corrected chi connectivity index (χ4v) is 1.68. The van der Waals surface area contributed by atoms with Gasteiger partial charge in [-0.3, -0.25) is 9.20 Å². The molecule has 0 fully saturated rings. The maximum atomic E-state index is 11.2. The van der Waals surface area contributed by atoms with Crippen LogP contribution in [0.5, 0.6) is 5.75 Å². The molecule has 2 aromatic rings. The topological polar surface area (TPSA) is 69.6 Å². The summed E-state index contributed by atoms with van der Waals surface area (Å²) >= 11 is 0. The second kappa shape index (κ2) is 5.08. The monoisotopic (exact) mass is 247 g/mol. The van der Waals surface area contributed by atoms with Gasteiger partial charge in [0.1, 0.15) is 5.69 Å². The van der Waals surface area contributed by atoms with Crippen molar-refractivity contribution in [1.82, 2.24) is 9.38 Å². The number of primary amides is 1. The van der Waals surface area contributed by atoms with Crippen LogP contribution in [0.1, 0.15) is 30.8 Å². The van der Waals surface area contributed by atoms with Gasteiger partial charge in [-0.1, -0.05) is 13.8 Å². The number of fused-ring (bicyclic) bond motifs is 1. The highest BCUT2D eigenvalue weighted by molar-refractivity contribution is 5.92. The molecule has 0 spiro atoms. The third-order valence-electron chi connectivity index (χ3n) is 2.71. The molecule has 2 aromatic heterocycles. The first-order valence-electron chi connectivity index (χ1n) is 5.98. The van der Waals surface area contributed by atoms with Crippen molar-refractivity contribution in [3.05, 3.63) is 30.2 Å². The van der Waals surface area contributed by atoms with Gasteiger partial charge >= 0.3 is 0 Å². The van der Waals surface area contributed by atoms with Gasteiger partial charge in [0, 0.05) is 6.20 Å². The normalized spacial score (nSPS) is 11.1. The van der Waals surface area contributed by atoms with Gasteiger partial charge in [0.25, 0.3) is 5.91 Å². The van der Waals surface area contributed by atoms with Gasteiger partial charge in [-0.2, -0.15) is 0 Å². The Morgan fingerprint density at radius 2 is 2.33 bits per heavy atom. The lowest BCUT2D eigenvalue weighted by molar-refractivity contribution is 0.0995. The Balaban J connectivity index is 2.26. The number of imidazole rings is 1. The molecular weight excluding hydrogens is 230 g/mol. The zero-order valence-corrected chi connectivity index (χ0v) is 10.6. The predicted molar refractivity (Wildman–Crippen MR) is 68.7 cm³/mol. The van der Waals surface area contributed by atoms with Crippen LogP contribution in [0.15, 0.2) is 24.5 Å². The Labute approximate surface area is 106 Å². The molecule has 96 valence electrons. The average Bonchev–Trinajstić information content (AvgIpc) is 2.73.